The van der Waals surface area contributed by atoms with Crippen LogP contribution in [0.3, 0.4) is 0 Å². The van der Waals surface area contributed by atoms with Crippen LogP contribution in [0.2, 0.25) is 0 Å². The van der Waals surface area contributed by atoms with Crippen LogP contribution < -0.4 is 5.32 Å². The molecule has 2 heterocycles. The Labute approximate surface area is 111 Å². The second-order valence-electron chi connectivity index (χ2n) is 4.64. The first-order valence-electron chi connectivity index (χ1n) is 6.54. The normalized spacial score (nSPS) is 13.1. The maximum Gasteiger partial charge on any atom is 0.170 e. The standard InChI is InChI=1S/C14H16N4O/c1-2-18-14(16-9-17-18)8-13(19)11-4-3-10-5-6-15-12(10)7-11/h3-4,7,9,15H,2,5-6,8H2,1H3. The van der Waals surface area contributed by atoms with Crippen LogP contribution in [-0.2, 0) is 19.4 Å². The zero-order valence-electron chi connectivity index (χ0n) is 10.9. The summed E-state index contributed by atoms with van der Waals surface area (Å²) in [5.41, 5.74) is 3.11. The zero-order chi connectivity index (χ0) is 13.2. The summed E-state index contributed by atoms with van der Waals surface area (Å²) >= 11 is 0. The first kappa shape index (κ1) is 11.9. The van der Waals surface area contributed by atoms with Gasteiger partial charge in [0.1, 0.15) is 12.2 Å². The van der Waals surface area contributed by atoms with Crippen LogP contribution >= 0.6 is 0 Å². The van der Waals surface area contributed by atoms with E-state index in [1.165, 1.54) is 11.9 Å². The number of benzene rings is 1. The van der Waals surface area contributed by atoms with E-state index in [1.54, 1.807) is 4.68 Å². The van der Waals surface area contributed by atoms with Crippen molar-refractivity contribution < 1.29 is 4.79 Å². The van der Waals surface area contributed by atoms with Crippen molar-refractivity contribution in [2.75, 3.05) is 11.9 Å². The van der Waals surface area contributed by atoms with Crippen molar-refractivity contribution >= 4 is 11.5 Å². The molecule has 0 atom stereocenters. The molecule has 0 spiro atoms. The Balaban J connectivity index is 1.81. The SMILES string of the molecule is CCn1ncnc1CC(=O)c1ccc2c(c1)NCC2. The van der Waals surface area contributed by atoms with Crippen LogP contribution in [0.1, 0.15) is 28.7 Å². The van der Waals surface area contributed by atoms with Gasteiger partial charge in [-0.1, -0.05) is 12.1 Å². The molecule has 0 amide bonds. The number of Topliss-reactive ketones (excluding diaryl/α,β-unsaturated/α-hetero) is 1. The van der Waals surface area contributed by atoms with Crippen molar-refractivity contribution in [3.8, 4) is 0 Å². The van der Waals surface area contributed by atoms with Gasteiger partial charge in [-0.2, -0.15) is 5.10 Å². The summed E-state index contributed by atoms with van der Waals surface area (Å²) in [6, 6.07) is 5.88. The fourth-order valence-electron chi connectivity index (χ4n) is 2.40. The third-order valence-corrected chi connectivity index (χ3v) is 3.46. The molecule has 1 aromatic carbocycles. The van der Waals surface area contributed by atoms with Gasteiger partial charge < -0.3 is 5.32 Å². The largest absolute Gasteiger partial charge is 0.384 e. The molecule has 0 bridgehead atoms. The number of anilines is 1. The summed E-state index contributed by atoms with van der Waals surface area (Å²) in [7, 11) is 0. The van der Waals surface area contributed by atoms with E-state index < -0.39 is 0 Å². The molecule has 0 saturated heterocycles. The van der Waals surface area contributed by atoms with Crippen molar-refractivity contribution in [3.05, 3.63) is 41.5 Å². The second-order valence-corrected chi connectivity index (χ2v) is 4.64. The van der Waals surface area contributed by atoms with E-state index >= 15 is 0 Å². The topological polar surface area (TPSA) is 59.8 Å². The molecule has 0 aliphatic carbocycles. The van der Waals surface area contributed by atoms with Gasteiger partial charge in [0.2, 0.25) is 0 Å². The fourth-order valence-corrected chi connectivity index (χ4v) is 2.40. The van der Waals surface area contributed by atoms with Gasteiger partial charge in [-0.15, -0.1) is 0 Å². The van der Waals surface area contributed by atoms with Crippen molar-refractivity contribution in [1.29, 1.82) is 0 Å². The van der Waals surface area contributed by atoms with Crippen molar-refractivity contribution in [1.82, 2.24) is 14.8 Å². The van der Waals surface area contributed by atoms with Crippen LogP contribution in [0.5, 0.6) is 0 Å². The third kappa shape index (κ3) is 2.23. The Bertz CT molecular complexity index is 618. The van der Waals surface area contributed by atoms with Crippen LogP contribution in [0.4, 0.5) is 5.69 Å². The number of carbonyl (C=O) groups excluding carboxylic acids is 1. The lowest BCUT2D eigenvalue weighted by Gasteiger charge is -2.05. The van der Waals surface area contributed by atoms with Crippen LogP contribution in [0, 0.1) is 0 Å². The quantitative estimate of drug-likeness (QED) is 0.846. The predicted octanol–water partition coefficient (Wildman–Crippen LogP) is 1.69. The molecule has 5 nitrogen and oxygen atoms in total. The van der Waals surface area contributed by atoms with Crippen molar-refractivity contribution in [3.63, 3.8) is 0 Å². The summed E-state index contributed by atoms with van der Waals surface area (Å²) in [5, 5.41) is 7.37. The van der Waals surface area contributed by atoms with Crippen LogP contribution in [-0.4, -0.2) is 27.1 Å². The minimum atomic E-state index is 0.0826. The summed E-state index contributed by atoms with van der Waals surface area (Å²) in [6.45, 7) is 3.67. The minimum absolute atomic E-state index is 0.0826. The number of hydrogen-bond donors (Lipinski definition) is 1. The molecule has 0 radical (unpaired) electrons. The Morgan fingerprint density at radius 2 is 2.37 bits per heavy atom. The number of fused-ring (bicyclic) bond motifs is 1. The molecule has 1 aromatic heterocycles. The lowest BCUT2D eigenvalue weighted by atomic mass is 10.0. The smallest absolute Gasteiger partial charge is 0.170 e. The predicted molar refractivity (Wildman–Crippen MR) is 72.4 cm³/mol. The highest BCUT2D eigenvalue weighted by molar-refractivity contribution is 5.98. The number of aromatic nitrogens is 3. The Morgan fingerprint density at radius 1 is 1.47 bits per heavy atom. The fraction of sp³-hybridized carbons (Fsp3) is 0.357. The Morgan fingerprint density at radius 3 is 3.21 bits per heavy atom. The van der Waals surface area contributed by atoms with E-state index in [0.717, 1.165) is 36.6 Å². The van der Waals surface area contributed by atoms with Gasteiger partial charge in [-0.25, -0.2) is 9.67 Å². The van der Waals surface area contributed by atoms with E-state index in [9.17, 15) is 4.79 Å². The van der Waals surface area contributed by atoms with Gasteiger partial charge in [0.25, 0.3) is 0 Å². The zero-order valence-corrected chi connectivity index (χ0v) is 10.9. The highest BCUT2D eigenvalue weighted by Gasteiger charge is 2.15. The molecule has 3 rings (SSSR count). The maximum atomic E-state index is 12.3. The number of nitrogens with zero attached hydrogens (tertiary/aromatic N) is 3. The van der Waals surface area contributed by atoms with Gasteiger partial charge >= 0.3 is 0 Å². The van der Waals surface area contributed by atoms with Gasteiger partial charge in [0.05, 0.1) is 6.42 Å². The molecule has 0 saturated carbocycles. The first-order chi connectivity index (χ1) is 9.28. The van der Waals surface area contributed by atoms with E-state index in [0.29, 0.717) is 6.42 Å². The van der Waals surface area contributed by atoms with Gasteiger partial charge in [-0.3, -0.25) is 4.79 Å². The van der Waals surface area contributed by atoms with E-state index in [1.807, 2.05) is 25.1 Å². The molecule has 5 heteroatoms. The van der Waals surface area contributed by atoms with E-state index in [4.69, 9.17) is 0 Å². The molecule has 19 heavy (non-hydrogen) atoms. The molecule has 0 unspecified atom stereocenters. The maximum absolute atomic E-state index is 12.3. The van der Waals surface area contributed by atoms with Crippen molar-refractivity contribution in [2.24, 2.45) is 0 Å². The number of nitrogens with one attached hydrogen (secondary N) is 1. The van der Waals surface area contributed by atoms with Gasteiger partial charge in [0.15, 0.2) is 5.78 Å². The highest BCUT2D eigenvalue weighted by Crippen LogP contribution is 2.23. The summed E-state index contributed by atoms with van der Waals surface area (Å²) in [4.78, 5) is 16.4. The number of hydrogen-bond acceptors (Lipinski definition) is 4. The lowest BCUT2D eigenvalue weighted by Crippen LogP contribution is -2.11. The summed E-state index contributed by atoms with van der Waals surface area (Å²) < 4.78 is 1.75. The van der Waals surface area contributed by atoms with Crippen LogP contribution in [0.25, 0.3) is 0 Å². The number of carbonyl (C=O) groups is 1. The summed E-state index contributed by atoms with van der Waals surface area (Å²) in [5.74, 6) is 0.806. The number of aryl methyl sites for hydroxylation is 1. The second kappa shape index (κ2) is 4.84. The van der Waals surface area contributed by atoms with Gasteiger partial charge in [0, 0.05) is 24.3 Å². The third-order valence-electron chi connectivity index (χ3n) is 3.46. The number of rotatable bonds is 4. The average molecular weight is 256 g/mol. The lowest BCUT2D eigenvalue weighted by molar-refractivity contribution is 0.0989. The van der Waals surface area contributed by atoms with Crippen LogP contribution in [0.15, 0.2) is 24.5 Å². The van der Waals surface area contributed by atoms with E-state index in [2.05, 4.69) is 15.4 Å². The molecule has 98 valence electrons. The average Bonchev–Trinajstić information content (AvgIpc) is 3.05. The molecule has 0 fully saturated rings. The monoisotopic (exact) mass is 256 g/mol. The molecular formula is C14H16N4O. The molecular weight excluding hydrogens is 240 g/mol. The Kier molecular flexibility index (Phi) is 3.03. The minimum Gasteiger partial charge on any atom is -0.384 e. The highest BCUT2D eigenvalue weighted by atomic mass is 16.1. The molecule has 1 N–H and O–H groups in total. The van der Waals surface area contributed by atoms with Crippen molar-refractivity contribution in [2.45, 2.75) is 26.3 Å². The summed E-state index contributed by atoms with van der Waals surface area (Å²) in [6.07, 6.45) is 2.83. The Hall–Kier alpha value is -2.17. The van der Waals surface area contributed by atoms with E-state index in [-0.39, 0.29) is 5.78 Å². The molecule has 1 aliphatic rings. The molecule has 1 aliphatic heterocycles. The van der Waals surface area contributed by atoms with Gasteiger partial charge in [-0.05, 0) is 25.0 Å². The first-order valence-corrected chi connectivity index (χ1v) is 6.54. The molecule has 2 aromatic rings. The number of ketones is 1.